The van der Waals surface area contributed by atoms with Gasteiger partial charge in [-0.2, -0.15) is 5.10 Å². The third kappa shape index (κ3) is 2.88. The molecule has 5 rings (SSSR count). The minimum atomic E-state index is -0.259. The molecule has 27 heavy (non-hydrogen) atoms. The van der Waals surface area contributed by atoms with Crippen LogP contribution in [0.2, 0.25) is 5.02 Å². The average molecular weight is 375 g/mol. The van der Waals surface area contributed by atoms with Crippen molar-refractivity contribution in [3.8, 4) is 5.75 Å². The van der Waals surface area contributed by atoms with E-state index in [1.807, 2.05) is 36.4 Å². The van der Waals surface area contributed by atoms with Crippen molar-refractivity contribution >= 4 is 17.3 Å². The van der Waals surface area contributed by atoms with Crippen LogP contribution in [-0.2, 0) is 0 Å². The molecule has 0 aromatic heterocycles. The Bertz CT molecular complexity index is 1010. The highest BCUT2D eigenvalue weighted by molar-refractivity contribution is 6.30. The third-order valence-corrected chi connectivity index (χ3v) is 5.49. The normalized spacial score (nSPS) is 20.5. The van der Waals surface area contributed by atoms with Crippen LogP contribution in [0.1, 0.15) is 40.9 Å². The molecule has 2 atom stereocenters. The summed E-state index contributed by atoms with van der Waals surface area (Å²) < 4.78 is 6.35. The number of para-hydroxylation sites is 1. The molecule has 0 saturated carbocycles. The van der Waals surface area contributed by atoms with E-state index in [1.165, 1.54) is 16.7 Å². The smallest absolute Gasteiger partial charge is 0.213 e. The fraction of sp³-hybridized carbons (Fsp3) is 0.174. The Hall–Kier alpha value is -2.78. The summed E-state index contributed by atoms with van der Waals surface area (Å²) in [5, 5.41) is 7.80. The minimum Gasteiger partial charge on any atom is -0.464 e. The lowest BCUT2D eigenvalue weighted by atomic mass is 9.95. The Kier molecular flexibility index (Phi) is 3.91. The molecule has 0 N–H and O–H groups in total. The quantitative estimate of drug-likeness (QED) is 0.558. The van der Waals surface area contributed by atoms with Crippen LogP contribution in [0.25, 0.3) is 0 Å². The largest absolute Gasteiger partial charge is 0.464 e. The Morgan fingerprint density at radius 2 is 1.70 bits per heavy atom. The number of benzene rings is 3. The molecule has 0 bridgehead atoms. The minimum absolute atomic E-state index is 0.173. The highest BCUT2D eigenvalue weighted by atomic mass is 35.5. The van der Waals surface area contributed by atoms with Gasteiger partial charge in [0.25, 0.3) is 0 Å². The zero-order chi connectivity index (χ0) is 18.4. The van der Waals surface area contributed by atoms with Crippen molar-refractivity contribution in [3.63, 3.8) is 0 Å². The molecule has 3 nitrogen and oxygen atoms in total. The first-order valence-corrected chi connectivity index (χ1v) is 9.51. The molecule has 3 aromatic rings. The lowest BCUT2D eigenvalue weighted by molar-refractivity contribution is -0.0190. The van der Waals surface area contributed by atoms with E-state index in [0.717, 1.165) is 28.5 Å². The second-order valence-corrected chi connectivity index (χ2v) is 7.51. The maximum absolute atomic E-state index is 6.35. The molecular formula is C23H19ClN2O. The van der Waals surface area contributed by atoms with Gasteiger partial charge >= 0.3 is 0 Å². The number of ether oxygens (including phenoxy) is 1. The number of halogens is 1. The summed E-state index contributed by atoms with van der Waals surface area (Å²) in [6.45, 7) is 2.10. The van der Waals surface area contributed by atoms with E-state index in [4.69, 9.17) is 21.4 Å². The molecule has 2 aliphatic heterocycles. The summed E-state index contributed by atoms with van der Waals surface area (Å²) in [4.78, 5) is 0. The van der Waals surface area contributed by atoms with Crippen molar-refractivity contribution in [3.05, 3.63) is 100 Å². The van der Waals surface area contributed by atoms with Gasteiger partial charge in [-0.25, -0.2) is 5.01 Å². The van der Waals surface area contributed by atoms with Crippen molar-refractivity contribution in [1.29, 1.82) is 0 Å². The molecule has 2 unspecified atom stereocenters. The predicted molar refractivity (Wildman–Crippen MR) is 108 cm³/mol. The van der Waals surface area contributed by atoms with Gasteiger partial charge in [0, 0.05) is 22.6 Å². The van der Waals surface area contributed by atoms with Crippen molar-refractivity contribution in [2.24, 2.45) is 5.10 Å². The van der Waals surface area contributed by atoms with E-state index in [0.29, 0.717) is 0 Å². The monoisotopic (exact) mass is 374 g/mol. The van der Waals surface area contributed by atoms with Crippen LogP contribution in [0.4, 0.5) is 0 Å². The first-order chi connectivity index (χ1) is 13.2. The summed E-state index contributed by atoms with van der Waals surface area (Å²) in [5.41, 5.74) is 5.76. The lowest BCUT2D eigenvalue weighted by Crippen LogP contribution is -2.33. The first kappa shape index (κ1) is 16.4. The maximum Gasteiger partial charge on any atom is 0.213 e. The van der Waals surface area contributed by atoms with E-state index in [9.17, 15) is 0 Å². The molecule has 2 heterocycles. The van der Waals surface area contributed by atoms with Gasteiger partial charge in [-0.1, -0.05) is 71.8 Å². The van der Waals surface area contributed by atoms with Crippen LogP contribution in [0.3, 0.4) is 0 Å². The van der Waals surface area contributed by atoms with Gasteiger partial charge in [0.2, 0.25) is 6.23 Å². The van der Waals surface area contributed by atoms with Crippen LogP contribution >= 0.6 is 11.6 Å². The standard InChI is InChI=1S/C23H19ClN2O/c1-15-6-8-16(9-7-15)20-14-21-19-4-2-3-5-22(19)27-23(26(21)25-20)17-10-12-18(24)13-11-17/h2-13,21,23H,14H2,1H3. The van der Waals surface area contributed by atoms with Crippen LogP contribution in [0.5, 0.6) is 5.75 Å². The SMILES string of the molecule is Cc1ccc(C2=NN3C(C2)c2ccccc2OC3c2ccc(Cl)cc2)cc1. The molecule has 3 aromatic carbocycles. The van der Waals surface area contributed by atoms with E-state index in [2.05, 4.69) is 48.3 Å². The number of hydrazone groups is 1. The highest BCUT2D eigenvalue weighted by Gasteiger charge is 2.40. The molecule has 0 amide bonds. The van der Waals surface area contributed by atoms with Gasteiger partial charge < -0.3 is 4.74 Å². The first-order valence-electron chi connectivity index (χ1n) is 9.13. The zero-order valence-electron chi connectivity index (χ0n) is 15.0. The molecule has 134 valence electrons. The van der Waals surface area contributed by atoms with Crippen molar-refractivity contribution in [1.82, 2.24) is 5.01 Å². The Morgan fingerprint density at radius 1 is 0.963 bits per heavy atom. The van der Waals surface area contributed by atoms with Crippen LogP contribution in [-0.4, -0.2) is 10.7 Å². The predicted octanol–water partition coefficient (Wildman–Crippen LogP) is 5.89. The van der Waals surface area contributed by atoms with Gasteiger partial charge in [-0.15, -0.1) is 0 Å². The second kappa shape index (κ2) is 6.43. The summed E-state index contributed by atoms with van der Waals surface area (Å²) in [6, 6.07) is 24.8. The van der Waals surface area contributed by atoms with Gasteiger partial charge in [0.05, 0.1) is 11.8 Å². The topological polar surface area (TPSA) is 24.8 Å². The van der Waals surface area contributed by atoms with Crippen molar-refractivity contribution in [2.75, 3.05) is 0 Å². The number of aryl methyl sites for hydroxylation is 1. The third-order valence-electron chi connectivity index (χ3n) is 5.24. The second-order valence-electron chi connectivity index (χ2n) is 7.07. The van der Waals surface area contributed by atoms with Crippen LogP contribution in [0, 0.1) is 6.92 Å². The molecule has 2 aliphatic rings. The molecule has 0 fully saturated rings. The number of fused-ring (bicyclic) bond motifs is 3. The number of rotatable bonds is 2. The Morgan fingerprint density at radius 3 is 2.48 bits per heavy atom. The molecular weight excluding hydrogens is 356 g/mol. The number of hydrogen-bond donors (Lipinski definition) is 0. The fourth-order valence-electron chi connectivity index (χ4n) is 3.80. The van der Waals surface area contributed by atoms with E-state index in [1.54, 1.807) is 0 Å². The molecule has 0 saturated heterocycles. The van der Waals surface area contributed by atoms with Crippen molar-refractivity contribution in [2.45, 2.75) is 25.6 Å². The van der Waals surface area contributed by atoms with Gasteiger partial charge in [0.15, 0.2) is 0 Å². The maximum atomic E-state index is 6.35. The van der Waals surface area contributed by atoms with Crippen LogP contribution in [0.15, 0.2) is 77.9 Å². The summed E-state index contributed by atoms with van der Waals surface area (Å²) in [7, 11) is 0. The molecule has 0 spiro atoms. The summed E-state index contributed by atoms with van der Waals surface area (Å²) >= 11 is 6.08. The van der Waals surface area contributed by atoms with Crippen molar-refractivity contribution < 1.29 is 4.74 Å². The summed E-state index contributed by atoms with van der Waals surface area (Å²) in [6.07, 6.45) is 0.609. The molecule has 0 aliphatic carbocycles. The molecule has 4 heteroatoms. The fourth-order valence-corrected chi connectivity index (χ4v) is 3.93. The Balaban J connectivity index is 1.58. The van der Waals surface area contributed by atoms with E-state index < -0.39 is 0 Å². The van der Waals surface area contributed by atoms with Gasteiger partial charge in [-0.3, -0.25) is 0 Å². The lowest BCUT2D eigenvalue weighted by Gasteiger charge is -2.38. The Labute approximate surface area is 163 Å². The number of hydrogen-bond acceptors (Lipinski definition) is 3. The number of nitrogens with zero attached hydrogens (tertiary/aromatic N) is 2. The average Bonchev–Trinajstić information content (AvgIpc) is 3.14. The van der Waals surface area contributed by atoms with Gasteiger partial charge in [0.1, 0.15) is 5.75 Å². The van der Waals surface area contributed by atoms with E-state index in [-0.39, 0.29) is 12.3 Å². The van der Waals surface area contributed by atoms with Gasteiger partial charge in [-0.05, 0) is 30.7 Å². The zero-order valence-corrected chi connectivity index (χ0v) is 15.7. The summed E-state index contributed by atoms with van der Waals surface area (Å²) in [5.74, 6) is 0.930. The highest BCUT2D eigenvalue weighted by Crippen LogP contribution is 2.47. The van der Waals surface area contributed by atoms with Crippen LogP contribution < -0.4 is 4.74 Å². The molecule has 0 radical (unpaired) electrons. The van der Waals surface area contributed by atoms with E-state index >= 15 is 0 Å².